The van der Waals surface area contributed by atoms with Gasteiger partial charge in [-0.25, -0.2) is 14.8 Å². The molecule has 4 N–H and O–H groups in total. The Labute approximate surface area is 87.6 Å². The van der Waals surface area contributed by atoms with Crippen LogP contribution in [0.3, 0.4) is 0 Å². The first kappa shape index (κ1) is 9.46. The molecule has 2 rings (SSSR count). The predicted octanol–water partition coefficient (Wildman–Crippen LogP) is 1.16. The molecule has 2 aromatic rings. The minimum absolute atomic E-state index is 0.0101. The van der Waals surface area contributed by atoms with Crippen molar-refractivity contribution in [3.05, 3.63) is 17.3 Å². The van der Waals surface area contributed by atoms with Gasteiger partial charge in [0.05, 0.1) is 6.20 Å². The molecule has 0 saturated carbocycles. The number of hydrogen-bond acceptors (Lipinski definition) is 7. The average molecular weight is 226 g/mol. The van der Waals surface area contributed by atoms with Crippen molar-refractivity contribution in [1.82, 2.24) is 9.97 Å². The molecule has 7 nitrogen and oxygen atoms in total. The number of anilines is 3. The molecular weight excluding hydrogens is 220 g/mol. The monoisotopic (exact) mass is 226 g/mol. The maximum atomic E-state index is 10.7. The first-order chi connectivity index (χ1) is 7.16. The third kappa shape index (κ3) is 1.89. The van der Waals surface area contributed by atoms with Crippen molar-refractivity contribution in [1.29, 1.82) is 0 Å². The molecule has 0 aliphatic carbocycles. The molecule has 2 aromatic heterocycles. The highest BCUT2D eigenvalue weighted by molar-refractivity contribution is 7.18. The molecule has 78 valence electrons. The first-order valence-corrected chi connectivity index (χ1v) is 4.64. The largest absolute Gasteiger partial charge is 0.477 e. The molecule has 0 radical (unpaired) electrons. The van der Waals surface area contributed by atoms with Gasteiger partial charge in [0, 0.05) is 0 Å². The molecule has 0 fully saturated rings. The van der Waals surface area contributed by atoms with Crippen molar-refractivity contribution in [2.24, 2.45) is 0 Å². The molecule has 0 aromatic carbocycles. The highest BCUT2D eigenvalue weighted by atomic mass is 32.1. The van der Waals surface area contributed by atoms with Gasteiger partial charge in [-0.2, -0.15) is 0 Å². The van der Waals surface area contributed by atoms with Crippen LogP contribution in [0, 0.1) is 0 Å². The van der Waals surface area contributed by atoms with Gasteiger partial charge in [-0.1, -0.05) is 11.3 Å². The smallest absolute Gasteiger partial charge is 0.349 e. The van der Waals surface area contributed by atoms with E-state index in [0.717, 1.165) is 11.3 Å². The van der Waals surface area contributed by atoms with E-state index in [1.54, 1.807) is 0 Å². The van der Waals surface area contributed by atoms with Crippen molar-refractivity contribution in [3.63, 3.8) is 0 Å². The number of oxazole rings is 1. The summed E-state index contributed by atoms with van der Waals surface area (Å²) >= 11 is 0.919. The minimum Gasteiger partial charge on any atom is -0.477 e. The Hall–Kier alpha value is -2.09. The molecule has 2 heterocycles. The third-order valence-electron chi connectivity index (χ3n) is 1.49. The van der Waals surface area contributed by atoms with Crippen molar-refractivity contribution in [2.75, 3.05) is 11.1 Å². The molecule has 0 aliphatic heterocycles. The zero-order valence-corrected chi connectivity index (χ0v) is 8.11. The highest BCUT2D eigenvalue weighted by Gasteiger charge is 2.15. The van der Waals surface area contributed by atoms with E-state index in [0.29, 0.717) is 5.13 Å². The second-order valence-corrected chi connectivity index (χ2v) is 3.50. The molecule has 0 saturated heterocycles. The lowest BCUT2D eigenvalue weighted by molar-refractivity contribution is 0.0703. The van der Waals surface area contributed by atoms with E-state index in [2.05, 4.69) is 15.3 Å². The van der Waals surface area contributed by atoms with Gasteiger partial charge in [-0.05, 0) is 0 Å². The lowest BCUT2D eigenvalue weighted by atomic mass is 10.5. The topological polar surface area (TPSA) is 114 Å². The number of nitrogens with two attached hydrogens (primary N) is 1. The van der Waals surface area contributed by atoms with E-state index < -0.39 is 5.97 Å². The molecule has 0 atom stereocenters. The van der Waals surface area contributed by atoms with Gasteiger partial charge in [0.1, 0.15) is 6.26 Å². The molecule has 0 amide bonds. The number of carbonyl (C=O) groups is 1. The van der Waals surface area contributed by atoms with E-state index in [-0.39, 0.29) is 16.7 Å². The van der Waals surface area contributed by atoms with Crippen LogP contribution in [-0.4, -0.2) is 21.0 Å². The Balaban J connectivity index is 2.23. The number of aromatic nitrogens is 2. The first-order valence-electron chi connectivity index (χ1n) is 3.83. The Kier molecular flexibility index (Phi) is 2.26. The molecule has 0 aliphatic rings. The predicted molar refractivity (Wildman–Crippen MR) is 53.3 cm³/mol. The molecule has 0 unspecified atom stereocenters. The standard InChI is InChI=1S/C7H6N4O3S/c8-4-3(5(12)13)15-7(10-4)11-6-9-1-2-14-6/h1-2H,8H2,(H,12,13)(H,9,10,11). The summed E-state index contributed by atoms with van der Waals surface area (Å²) in [5.74, 6) is -1.13. The van der Waals surface area contributed by atoms with Crippen LogP contribution < -0.4 is 11.1 Å². The number of nitrogens with one attached hydrogen (secondary N) is 1. The van der Waals surface area contributed by atoms with E-state index in [4.69, 9.17) is 15.3 Å². The zero-order chi connectivity index (χ0) is 10.8. The number of nitrogens with zero attached hydrogens (tertiary/aromatic N) is 2. The van der Waals surface area contributed by atoms with Crippen LogP contribution in [0.5, 0.6) is 0 Å². The van der Waals surface area contributed by atoms with Crippen LogP contribution in [0.15, 0.2) is 16.9 Å². The van der Waals surface area contributed by atoms with E-state index in [1.165, 1.54) is 12.5 Å². The van der Waals surface area contributed by atoms with Gasteiger partial charge in [0.15, 0.2) is 15.8 Å². The van der Waals surface area contributed by atoms with Gasteiger partial charge in [0.25, 0.3) is 0 Å². The van der Waals surface area contributed by atoms with Crippen LogP contribution in [0.25, 0.3) is 0 Å². The summed E-state index contributed by atoms with van der Waals surface area (Å²) in [6.45, 7) is 0. The summed E-state index contributed by atoms with van der Waals surface area (Å²) in [6, 6.07) is 0.237. The maximum absolute atomic E-state index is 10.7. The quantitative estimate of drug-likeness (QED) is 0.719. The SMILES string of the molecule is Nc1nc(Nc2ncco2)sc1C(=O)O. The van der Waals surface area contributed by atoms with Gasteiger partial charge in [0.2, 0.25) is 0 Å². The number of aromatic carboxylic acids is 1. The van der Waals surface area contributed by atoms with E-state index in [9.17, 15) is 4.79 Å². The van der Waals surface area contributed by atoms with Crippen molar-refractivity contribution < 1.29 is 14.3 Å². The van der Waals surface area contributed by atoms with Crippen LogP contribution in [-0.2, 0) is 0 Å². The molecule has 15 heavy (non-hydrogen) atoms. The number of nitrogen functional groups attached to an aromatic ring is 1. The number of thiazole rings is 1. The number of rotatable bonds is 3. The minimum atomic E-state index is -1.11. The Morgan fingerprint density at radius 3 is 3.00 bits per heavy atom. The number of carboxylic acid groups (broad SMARTS) is 1. The highest BCUT2D eigenvalue weighted by Crippen LogP contribution is 2.26. The van der Waals surface area contributed by atoms with Crippen LogP contribution in [0.4, 0.5) is 17.0 Å². The summed E-state index contributed by atoms with van der Waals surface area (Å²) in [5.41, 5.74) is 5.40. The van der Waals surface area contributed by atoms with Gasteiger partial charge < -0.3 is 15.3 Å². The second kappa shape index (κ2) is 3.58. The summed E-state index contributed by atoms with van der Waals surface area (Å²) in [5, 5.41) is 11.7. The average Bonchev–Trinajstić information content (AvgIpc) is 2.75. The normalized spacial score (nSPS) is 10.1. The fourth-order valence-electron chi connectivity index (χ4n) is 0.915. The molecule has 8 heteroatoms. The molecular formula is C7H6N4O3S. The lowest BCUT2D eigenvalue weighted by Crippen LogP contribution is -1.97. The van der Waals surface area contributed by atoms with Crippen molar-refractivity contribution >= 4 is 34.3 Å². The summed E-state index contributed by atoms with van der Waals surface area (Å²) < 4.78 is 4.90. The number of carboxylic acids is 1. The Morgan fingerprint density at radius 2 is 2.47 bits per heavy atom. The Morgan fingerprint density at radius 1 is 1.67 bits per heavy atom. The van der Waals surface area contributed by atoms with Crippen molar-refractivity contribution in [2.45, 2.75) is 0 Å². The fraction of sp³-hybridized carbons (Fsp3) is 0. The Bertz CT molecular complexity index is 478. The number of hydrogen-bond donors (Lipinski definition) is 3. The molecule has 0 bridgehead atoms. The van der Waals surface area contributed by atoms with Crippen LogP contribution in [0.2, 0.25) is 0 Å². The summed E-state index contributed by atoms with van der Waals surface area (Å²) in [7, 11) is 0. The van der Waals surface area contributed by atoms with E-state index in [1.807, 2.05) is 0 Å². The second-order valence-electron chi connectivity index (χ2n) is 2.50. The lowest BCUT2D eigenvalue weighted by Gasteiger charge is -1.92. The summed E-state index contributed by atoms with van der Waals surface area (Å²) in [6.07, 6.45) is 2.84. The van der Waals surface area contributed by atoms with Gasteiger partial charge in [-0.15, -0.1) is 0 Å². The van der Waals surface area contributed by atoms with Gasteiger partial charge >= 0.3 is 12.0 Å². The summed E-state index contributed by atoms with van der Waals surface area (Å²) in [4.78, 5) is 18.3. The molecule has 0 spiro atoms. The van der Waals surface area contributed by atoms with Gasteiger partial charge in [-0.3, -0.25) is 5.32 Å². The van der Waals surface area contributed by atoms with Crippen molar-refractivity contribution in [3.8, 4) is 0 Å². The van der Waals surface area contributed by atoms with E-state index >= 15 is 0 Å². The fourth-order valence-corrected chi connectivity index (χ4v) is 1.63. The van der Waals surface area contributed by atoms with Crippen LogP contribution >= 0.6 is 11.3 Å². The van der Waals surface area contributed by atoms with Crippen LogP contribution in [0.1, 0.15) is 9.67 Å². The maximum Gasteiger partial charge on any atom is 0.349 e. The zero-order valence-electron chi connectivity index (χ0n) is 7.30. The third-order valence-corrected chi connectivity index (χ3v) is 2.47.